The van der Waals surface area contributed by atoms with Crippen LogP contribution in [0.2, 0.25) is 0 Å². The molecule has 0 saturated heterocycles. The van der Waals surface area contributed by atoms with Crippen LogP contribution in [0.1, 0.15) is 21.7 Å². The number of amides is 1. The number of rotatable bonds is 3. The number of carbonyl (C=O) groups excluding carboxylic acids is 1. The number of phenols is 1. The van der Waals surface area contributed by atoms with E-state index in [0.29, 0.717) is 22.0 Å². The summed E-state index contributed by atoms with van der Waals surface area (Å²) in [6.07, 6.45) is 1.97. The normalized spacial score (nSPS) is 9.65. The van der Waals surface area contributed by atoms with Crippen molar-refractivity contribution >= 4 is 22.4 Å². The van der Waals surface area contributed by atoms with Gasteiger partial charge in [0.15, 0.2) is 5.13 Å². The molecule has 0 bridgehead atoms. The first-order valence-corrected chi connectivity index (χ1v) is 6.66. The van der Waals surface area contributed by atoms with Gasteiger partial charge in [-0.2, -0.15) is 0 Å². The Hall–Kier alpha value is -2.36. The monoisotopic (exact) mass is 288 g/mol. The molecule has 3 N–H and O–H groups in total. The van der Waals surface area contributed by atoms with Gasteiger partial charge in [0.05, 0.1) is 17.7 Å². The molecule has 0 fully saturated rings. The van der Waals surface area contributed by atoms with Gasteiger partial charge in [0.1, 0.15) is 5.75 Å². The van der Waals surface area contributed by atoms with Crippen LogP contribution in [-0.4, -0.2) is 27.7 Å². The number of anilines is 1. The second kappa shape index (κ2) is 6.70. The Morgan fingerprint density at radius 1 is 1.45 bits per heavy atom. The third-order valence-corrected chi connectivity index (χ3v) is 3.11. The molecule has 0 aliphatic heterocycles. The number of nitrogens with one attached hydrogen (secondary N) is 1. The van der Waals surface area contributed by atoms with Gasteiger partial charge in [0.2, 0.25) is 0 Å². The third kappa shape index (κ3) is 3.82. The van der Waals surface area contributed by atoms with Crippen molar-refractivity contribution in [2.75, 3.05) is 11.9 Å². The third-order valence-electron chi connectivity index (χ3n) is 2.28. The van der Waals surface area contributed by atoms with Crippen LogP contribution in [0, 0.1) is 11.8 Å². The van der Waals surface area contributed by atoms with Crippen molar-refractivity contribution in [2.45, 2.75) is 6.42 Å². The Morgan fingerprint density at radius 2 is 2.30 bits per heavy atom. The van der Waals surface area contributed by atoms with E-state index in [-0.39, 0.29) is 18.3 Å². The minimum Gasteiger partial charge on any atom is -0.508 e. The fourth-order valence-electron chi connectivity index (χ4n) is 1.41. The van der Waals surface area contributed by atoms with Gasteiger partial charge in [-0.3, -0.25) is 10.1 Å². The van der Waals surface area contributed by atoms with Gasteiger partial charge in [0.25, 0.3) is 5.91 Å². The Morgan fingerprint density at radius 3 is 3.05 bits per heavy atom. The van der Waals surface area contributed by atoms with Crippen molar-refractivity contribution in [3.05, 3.63) is 40.9 Å². The van der Waals surface area contributed by atoms with Gasteiger partial charge in [-0.05, 0) is 18.2 Å². The van der Waals surface area contributed by atoms with Crippen molar-refractivity contribution in [2.24, 2.45) is 0 Å². The lowest BCUT2D eigenvalue weighted by Gasteiger charge is -2.01. The molecule has 0 aliphatic carbocycles. The van der Waals surface area contributed by atoms with Crippen LogP contribution < -0.4 is 5.32 Å². The molecule has 0 unspecified atom stereocenters. The molecule has 1 amide bonds. The predicted octanol–water partition coefficient (Wildman–Crippen LogP) is 1.83. The largest absolute Gasteiger partial charge is 0.508 e. The van der Waals surface area contributed by atoms with Crippen molar-refractivity contribution in [3.8, 4) is 17.6 Å². The number of hydrogen-bond acceptors (Lipinski definition) is 5. The summed E-state index contributed by atoms with van der Waals surface area (Å²) in [6, 6.07) is 6.07. The van der Waals surface area contributed by atoms with E-state index in [0.717, 1.165) is 0 Å². The van der Waals surface area contributed by atoms with E-state index in [2.05, 4.69) is 22.1 Å². The maximum atomic E-state index is 11.9. The van der Waals surface area contributed by atoms with Gasteiger partial charge < -0.3 is 10.2 Å². The zero-order valence-electron chi connectivity index (χ0n) is 10.5. The number of carbonyl (C=O) groups is 1. The number of nitrogens with zero attached hydrogens (tertiary/aromatic N) is 1. The summed E-state index contributed by atoms with van der Waals surface area (Å²) in [6.45, 7) is 0.0207. The van der Waals surface area contributed by atoms with Crippen LogP contribution in [0.3, 0.4) is 0 Å². The molecule has 0 aliphatic rings. The molecule has 0 saturated carbocycles. The fourth-order valence-corrected chi connectivity index (χ4v) is 2.10. The van der Waals surface area contributed by atoms with Gasteiger partial charge in [-0.25, -0.2) is 4.98 Å². The van der Waals surface area contributed by atoms with E-state index < -0.39 is 0 Å². The van der Waals surface area contributed by atoms with E-state index >= 15 is 0 Å². The van der Waals surface area contributed by atoms with Crippen molar-refractivity contribution < 1.29 is 15.0 Å². The number of thiazole rings is 1. The van der Waals surface area contributed by atoms with Crippen LogP contribution >= 0.6 is 11.3 Å². The number of aliphatic hydroxyl groups is 1. The number of hydrogen-bond donors (Lipinski definition) is 3. The number of aromatic hydroxyl groups is 1. The molecule has 1 aromatic heterocycles. The van der Waals surface area contributed by atoms with Crippen LogP contribution in [0.25, 0.3) is 0 Å². The molecule has 5 nitrogen and oxygen atoms in total. The molecule has 1 aromatic carbocycles. The lowest BCUT2D eigenvalue weighted by Crippen LogP contribution is -2.11. The average molecular weight is 288 g/mol. The van der Waals surface area contributed by atoms with Gasteiger partial charge in [-0.1, -0.05) is 29.2 Å². The van der Waals surface area contributed by atoms with E-state index in [1.807, 2.05) is 0 Å². The van der Waals surface area contributed by atoms with Gasteiger partial charge >= 0.3 is 0 Å². The topological polar surface area (TPSA) is 82.5 Å². The minimum atomic E-state index is -0.342. The molecule has 2 aromatic rings. The summed E-state index contributed by atoms with van der Waals surface area (Å²) < 4.78 is 0. The fraction of sp³-hybridized carbons (Fsp3) is 0.143. The van der Waals surface area contributed by atoms with Crippen molar-refractivity contribution in [3.63, 3.8) is 0 Å². The minimum absolute atomic E-state index is 0.0207. The number of benzene rings is 1. The molecule has 1 heterocycles. The molecule has 102 valence electrons. The molecule has 0 radical (unpaired) electrons. The zero-order chi connectivity index (χ0) is 14.4. The van der Waals surface area contributed by atoms with Crippen LogP contribution in [0.15, 0.2) is 30.5 Å². The smallest absolute Gasteiger partial charge is 0.257 e. The SMILES string of the molecule is O=C(Nc1ncc(C#CCCO)s1)c1cccc(O)c1. The second-order valence-electron chi connectivity index (χ2n) is 3.81. The average Bonchev–Trinajstić information content (AvgIpc) is 2.86. The maximum absolute atomic E-state index is 11.9. The summed E-state index contributed by atoms with van der Waals surface area (Å²) in [5, 5.41) is 21.0. The number of phenolic OH excluding ortho intramolecular Hbond substituents is 1. The Kier molecular flexibility index (Phi) is 4.71. The molecular formula is C14H12N2O3S. The molecule has 2 rings (SSSR count). The van der Waals surface area contributed by atoms with E-state index in [1.54, 1.807) is 18.3 Å². The number of aromatic nitrogens is 1. The lowest BCUT2D eigenvalue weighted by molar-refractivity contribution is 0.102. The molecule has 20 heavy (non-hydrogen) atoms. The Bertz CT molecular complexity index is 670. The summed E-state index contributed by atoms with van der Waals surface area (Å²) in [5.74, 6) is 5.32. The second-order valence-corrected chi connectivity index (χ2v) is 4.84. The standard InChI is InChI=1S/C14H12N2O3S/c17-7-2-1-6-12-9-15-14(20-12)16-13(19)10-4-3-5-11(18)8-10/h3-5,8-9,17-18H,2,7H2,(H,15,16,19). The molecule has 0 spiro atoms. The number of aliphatic hydroxyl groups excluding tert-OH is 1. The molecule has 6 heteroatoms. The van der Waals surface area contributed by atoms with Crippen molar-refractivity contribution in [1.82, 2.24) is 4.98 Å². The van der Waals surface area contributed by atoms with Crippen molar-refractivity contribution in [1.29, 1.82) is 0 Å². The Balaban J connectivity index is 2.04. The van der Waals surface area contributed by atoms with Crippen LogP contribution in [0.5, 0.6) is 5.75 Å². The van der Waals surface area contributed by atoms with Crippen LogP contribution in [0.4, 0.5) is 5.13 Å². The van der Waals surface area contributed by atoms with Gasteiger partial charge in [-0.15, -0.1) is 0 Å². The first-order chi connectivity index (χ1) is 9.69. The predicted molar refractivity (Wildman–Crippen MR) is 76.8 cm³/mol. The van der Waals surface area contributed by atoms with E-state index in [9.17, 15) is 9.90 Å². The zero-order valence-corrected chi connectivity index (χ0v) is 11.3. The molecular weight excluding hydrogens is 276 g/mol. The first-order valence-electron chi connectivity index (χ1n) is 5.85. The highest BCUT2D eigenvalue weighted by molar-refractivity contribution is 7.16. The van der Waals surface area contributed by atoms with E-state index in [4.69, 9.17) is 5.11 Å². The highest BCUT2D eigenvalue weighted by Gasteiger charge is 2.09. The first kappa shape index (κ1) is 14.1. The summed E-state index contributed by atoms with van der Waals surface area (Å²) >= 11 is 1.25. The summed E-state index contributed by atoms with van der Waals surface area (Å²) in [4.78, 5) is 16.7. The quantitative estimate of drug-likeness (QED) is 0.753. The summed E-state index contributed by atoms with van der Waals surface area (Å²) in [5.41, 5.74) is 0.355. The Labute approximate surface area is 119 Å². The van der Waals surface area contributed by atoms with Gasteiger partial charge in [0, 0.05) is 12.0 Å². The highest BCUT2D eigenvalue weighted by Crippen LogP contribution is 2.19. The molecule has 0 atom stereocenters. The summed E-state index contributed by atoms with van der Waals surface area (Å²) in [7, 11) is 0. The highest BCUT2D eigenvalue weighted by atomic mass is 32.1. The van der Waals surface area contributed by atoms with Crippen LogP contribution in [-0.2, 0) is 0 Å². The lowest BCUT2D eigenvalue weighted by atomic mass is 10.2. The van der Waals surface area contributed by atoms with E-state index in [1.165, 1.54) is 23.5 Å². The maximum Gasteiger partial charge on any atom is 0.257 e.